The Labute approximate surface area is 169 Å². The fourth-order valence-electron chi connectivity index (χ4n) is 4.59. The zero-order valence-corrected chi connectivity index (χ0v) is 16.9. The van der Waals surface area contributed by atoms with Crippen LogP contribution in [0.1, 0.15) is 62.1 Å². The summed E-state index contributed by atoms with van der Waals surface area (Å²) >= 11 is 0. The molecule has 1 N–H and O–H groups in total. The molecule has 1 aliphatic carbocycles. The highest BCUT2D eigenvalue weighted by atomic mass is 16.3. The van der Waals surface area contributed by atoms with Crippen molar-refractivity contribution in [3.8, 4) is 28.0 Å². The Morgan fingerprint density at radius 3 is 2.32 bits per heavy atom. The molecule has 3 aromatic rings. The lowest BCUT2D eigenvalue weighted by atomic mass is 9.90. The molecular formula is C27H30O. The molecule has 1 aliphatic rings. The van der Waals surface area contributed by atoms with Gasteiger partial charge in [0, 0.05) is 5.56 Å². The first-order valence-corrected chi connectivity index (χ1v) is 10.8. The molecule has 0 aromatic heterocycles. The number of aromatic hydroxyl groups is 1. The molecule has 0 atom stereocenters. The smallest absolute Gasteiger partial charge is 0.123 e. The van der Waals surface area contributed by atoms with E-state index in [0.29, 0.717) is 5.75 Å². The average Bonchev–Trinajstić information content (AvgIpc) is 3.10. The predicted octanol–water partition coefficient (Wildman–Crippen LogP) is 7.53. The molecule has 0 unspecified atom stereocenters. The Kier molecular flexibility index (Phi) is 5.81. The molecule has 4 rings (SSSR count). The third-order valence-corrected chi connectivity index (χ3v) is 6.05. The van der Waals surface area contributed by atoms with E-state index in [1.54, 1.807) is 0 Å². The van der Waals surface area contributed by atoms with Gasteiger partial charge in [0.1, 0.15) is 5.75 Å². The second-order valence-corrected chi connectivity index (χ2v) is 7.99. The minimum Gasteiger partial charge on any atom is -0.507 e. The van der Waals surface area contributed by atoms with Crippen molar-refractivity contribution in [1.82, 2.24) is 0 Å². The standard InChI is InChI=1S/C27H30O/c1-2-3-4-5-6-7-12-20-14-10-18-26(28)27(20)24-17-11-16-23-22-15-9-8-13-21(22)19-25(23)24/h8-11,13-18,28H,2-7,12,19H2,1H3. The monoisotopic (exact) mass is 370 g/mol. The van der Waals surface area contributed by atoms with Crippen LogP contribution in [0.25, 0.3) is 22.3 Å². The molecular weight excluding hydrogens is 340 g/mol. The number of hydrogen-bond acceptors (Lipinski definition) is 1. The van der Waals surface area contributed by atoms with Gasteiger partial charge in [-0.2, -0.15) is 0 Å². The zero-order valence-electron chi connectivity index (χ0n) is 16.9. The SMILES string of the molecule is CCCCCCCCc1cccc(O)c1-c1cccc2c1Cc1ccccc1-2. The summed E-state index contributed by atoms with van der Waals surface area (Å²) in [6.45, 7) is 2.26. The number of fused-ring (bicyclic) bond motifs is 3. The fraction of sp³-hybridized carbons (Fsp3) is 0.333. The van der Waals surface area contributed by atoms with Crippen molar-refractivity contribution >= 4 is 0 Å². The van der Waals surface area contributed by atoms with Gasteiger partial charge in [-0.15, -0.1) is 0 Å². The summed E-state index contributed by atoms with van der Waals surface area (Å²) in [7, 11) is 0. The van der Waals surface area contributed by atoms with Crippen LogP contribution < -0.4 is 0 Å². The molecule has 0 aliphatic heterocycles. The van der Waals surface area contributed by atoms with Crippen LogP contribution in [0.2, 0.25) is 0 Å². The van der Waals surface area contributed by atoms with Crippen LogP contribution in [0.15, 0.2) is 60.7 Å². The Hall–Kier alpha value is -2.54. The van der Waals surface area contributed by atoms with Crippen LogP contribution in [-0.4, -0.2) is 5.11 Å². The molecule has 3 aromatic carbocycles. The second-order valence-electron chi connectivity index (χ2n) is 7.99. The minimum atomic E-state index is 0.410. The first-order valence-electron chi connectivity index (χ1n) is 10.8. The molecule has 0 spiro atoms. The van der Waals surface area contributed by atoms with Crippen molar-refractivity contribution in [2.75, 3.05) is 0 Å². The van der Waals surface area contributed by atoms with Crippen LogP contribution in [0.4, 0.5) is 0 Å². The fourth-order valence-corrected chi connectivity index (χ4v) is 4.59. The summed E-state index contributed by atoms with van der Waals surface area (Å²) < 4.78 is 0. The summed E-state index contributed by atoms with van der Waals surface area (Å²) in [6.07, 6.45) is 9.74. The van der Waals surface area contributed by atoms with Crippen LogP contribution in [0.5, 0.6) is 5.75 Å². The van der Waals surface area contributed by atoms with Gasteiger partial charge in [0.25, 0.3) is 0 Å². The Morgan fingerprint density at radius 2 is 1.43 bits per heavy atom. The average molecular weight is 371 g/mol. The number of phenols is 1. The van der Waals surface area contributed by atoms with Crippen molar-refractivity contribution in [3.05, 3.63) is 77.4 Å². The normalized spacial score (nSPS) is 12.0. The largest absolute Gasteiger partial charge is 0.507 e. The molecule has 0 radical (unpaired) electrons. The van der Waals surface area contributed by atoms with Crippen LogP contribution in [0.3, 0.4) is 0 Å². The first-order chi connectivity index (χ1) is 13.8. The number of hydrogen-bond donors (Lipinski definition) is 1. The molecule has 0 saturated heterocycles. The Bertz CT molecular complexity index is 954. The van der Waals surface area contributed by atoms with Gasteiger partial charge in [-0.25, -0.2) is 0 Å². The van der Waals surface area contributed by atoms with Crippen molar-refractivity contribution in [3.63, 3.8) is 0 Å². The van der Waals surface area contributed by atoms with Crippen LogP contribution in [0, 0.1) is 0 Å². The third kappa shape index (κ3) is 3.71. The van der Waals surface area contributed by atoms with Crippen LogP contribution >= 0.6 is 0 Å². The molecule has 1 nitrogen and oxygen atoms in total. The summed E-state index contributed by atoms with van der Waals surface area (Å²) in [5.74, 6) is 0.410. The number of unbranched alkanes of at least 4 members (excludes halogenated alkanes) is 5. The van der Waals surface area contributed by atoms with Crippen molar-refractivity contribution in [1.29, 1.82) is 0 Å². The highest BCUT2D eigenvalue weighted by molar-refractivity contribution is 5.87. The number of rotatable bonds is 8. The van der Waals surface area contributed by atoms with Gasteiger partial charge in [0.05, 0.1) is 0 Å². The van der Waals surface area contributed by atoms with Gasteiger partial charge in [-0.3, -0.25) is 0 Å². The molecule has 28 heavy (non-hydrogen) atoms. The van der Waals surface area contributed by atoms with E-state index in [1.807, 2.05) is 12.1 Å². The quantitative estimate of drug-likeness (QED) is 0.318. The molecule has 0 heterocycles. The van der Waals surface area contributed by atoms with Gasteiger partial charge in [0.2, 0.25) is 0 Å². The highest BCUT2D eigenvalue weighted by Gasteiger charge is 2.23. The number of phenolic OH excluding ortho intramolecular Hbond substituents is 1. The highest BCUT2D eigenvalue weighted by Crippen LogP contribution is 2.44. The van der Waals surface area contributed by atoms with Crippen LogP contribution in [-0.2, 0) is 12.8 Å². The predicted molar refractivity (Wildman–Crippen MR) is 119 cm³/mol. The summed E-state index contributed by atoms with van der Waals surface area (Å²) in [5.41, 5.74) is 8.93. The molecule has 0 fully saturated rings. The maximum absolute atomic E-state index is 10.8. The maximum atomic E-state index is 10.8. The van der Waals surface area contributed by atoms with Crippen molar-refractivity contribution in [2.24, 2.45) is 0 Å². The lowest BCUT2D eigenvalue weighted by Gasteiger charge is -2.15. The Morgan fingerprint density at radius 1 is 0.714 bits per heavy atom. The van der Waals surface area contributed by atoms with E-state index in [0.717, 1.165) is 18.4 Å². The van der Waals surface area contributed by atoms with Crippen molar-refractivity contribution < 1.29 is 5.11 Å². The third-order valence-electron chi connectivity index (χ3n) is 6.05. The first kappa shape index (κ1) is 18.8. The summed E-state index contributed by atoms with van der Waals surface area (Å²) in [5, 5.41) is 10.8. The van der Waals surface area contributed by atoms with E-state index in [1.165, 1.54) is 71.9 Å². The molecule has 0 bridgehead atoms. The van der Waals surface area contributed by atoms with Crippen molar-refractivity contribution in [2.45, 2.75) is 58.3 Å². The molecule has 0 saturated carbocycles. The van der Waals surface area contributed by atoms with Gasteiger partial charge >= 0.3 is 0 Å². The van der Waals surface area contributed by atoms with E-state index in [2.05, 4.69) is 55.5 Å². The summed E-state index contributed by atoms with van der Waals surface area (Å²) in [4.78, 5) is 0. The summed E-state index contributed by atoms with van der Waals surface area (Å²) in [6, 6.07) is 21.2. The van der Waals surface area contributed by atoms with E-state index < -0.39 is 0 Å². The van der Waals surface area contributed by atoms with E-state index in [-0.39, 0.29) is 0 Å². The molecule has 1 heteroatoms. The maximum Gasteiger partial charge on any atom is 0.123 e. The van der Waals surface area contributed by atoms with E-state index in [9.17, 15) is 5.11 Å². The van der Waals surface area contributed by atoms with E-state index in [4.69, 9.17) is 0 Å². The number of benzene rings is 3. The molecule has 0 amide bonds. The minimum absolute atomic E-state index is 0.410. The van der Waals surface area contributed by atoms with E-state index >= 15 is 0 Å². The van der Waals surface area contributed by atoms with Gasteiger partial charge < -0.3 is 5.11 Å². The lowest BCUT2D eigenvalue weighted by molar-refractivity contribution is 0.476. The van der Waals surface area contributed by atoms with Gasteiger partial charge in [-0.05, 0) is 58.7 Å². The Balaban J connectivity index is 1.62. The second kappa shape index (κ2) is 8.65. The lowest BCUT2D eigenvalue weighted by Crippen LogP contribution is -1.95. The number of aryl methyl sites for hydroxylation is 1. The molecule has 144 valence electrons. The van der Waals surface area contributed by atoms with Gasteiger partial charge in [0.15, 0.2) is 0 Å². The topological polar surface area (TPSA) is 20.2 Å². The zero-order chi connectivity index (χ0) is 19.3. The van der Waals surface area contributed by atoms with Gasteiger partial charge in [-0.1, -0.05) is 93.6 Å².